The van der Waals surface area contributed by atoms with Crippen LogP contribution in [0.3, 0.4) is 0 Å². The van der Waals surface area contributed by atoms with Crippen LogP contribution in [0.1, 0.15) is 24.1 Å². The fourth-order valence-corrected chi connectivity index (χ4v) is 2.74. The molecule has 1 aromatic heterocycles. The number of hydrogen-bond acceptors (Lipinski definition) is 2. The van der Waals surface area contributed by atoms with Crippen LogP contribution in [-0.4, -0.2) is 5.91 Å². The quantitative estimate of drug-likeness (QED) is 0.906. The van der Waals surface area contributed by atoms with Crippen molar-refractivity contribution in [3.8, 4) is 0 Å². The molecular weight excluding hydrogens is 266 g/mol. The van der Waals surface area contributed by atoms with Crippen LogP contribution in [0, 0.1) is 0 Å². The highest BCUT2D eigenvalue weighted by Gasteiger charge is 2.12. The van der Waals surface area contributed by atoms with Gasteiger partial charge in [0.05, 0.1) is 12.5 Å². The third-order valence-corrected chi connectivity index (χ3v) is 3.77. The minimum absolute atomic E-state index is 0.0146. The van der Waals surface area contributed by atoms with E-state index in [0.717, 1.165) is 11.1 Å². The molecule has 1 aromatic carbocycles. The van der Waals surface area contributed by atoms with Gasteiger partial charge in [-0.05, 0) is 40.9 Å². The Morgan fingerprint density at radius 2 is 2.17 bits per heavy atom. The van der Waals surface area contributed by atoms with Crippen molar-refractivity contribution in [1.29, 1.82) is 0 Å². The molecule has 0 aliphatic carbocycles. The largest absolute Gasteiger partial charge is 0.349 e. The smallest absolute Gasteiger partial charge is 0.224 e. The summed E-state index contributed by atoms with van der Waals surface area (Å²) in [5.74, 6) is 0.0146. The fourth-order valence-electron chi connectivity index (χ4n) is 1.78. The summed E-state index contributed by atoms with van der Waals surface area (Å²) < 4.78 is 0. The first kappa shape index (κ1) is 13.1. The summed E-state index contributed by atoms with van der Waals surface area (Å²) in [7, 11) is 0. The van der Waals surface area contributed by atoms with Crippen molar-refractivity contribution in [2.75, 3.05) is 0 Å². The third-order valence-electron chi connectivity index (χ3n) is 2.69. The Labute approximate surface area is 116 Å². The average molecular weight is 280 g/mol. The first-order valence-electron chi connectivity index (χ1n) is 5.71. The van der Waals surface area contributed by atoms with E-state index in [1.54, 1.807) is 11.3 Å². The van der Waals surface area contributed by atoms with E-state index >= 15 is 0 Å². The standard InChI is InChI=1S/C14H14ClNOS/c1-10(12-4-2-3-5-13(12)15)16-14(17)8-11-6-7-18-9-11/h2-7,9-10H,8H2,1H3,(H,16,17)/t10-/m1/s1. The van der Waals surface area contributed by atoms with Gasteiger partial charge in [-0.15, -0.1) is 0 Å². The lowest BCUT2D eigenvalue weighted by molar-refractivity contribution is -0.121. The van der Waals surface area contributed by atoms with Crippen LogP contribution < -0.4 is 5.32 Å². The van der Waals surface area contributed by atoms with Gasteiger partial charge in [0.2, 0.25) is 5.91 Å². The van der Waals surface area contributed by atoms with Gasteiger partial charge in [-0.3, -0.25) is 4.79 Å². The maximum atomic E-state index is 11.9. The van der Waals surface area contributed by atoms with Gasteiger partial charge in [0.15, 0.2) is 0 Å². The van der Waals surface area contributed by atoms with E-state index in [4.69, 9.17) is 11.6 Å². The van der Waals surface area contributed by atoms with Crippen molar-refractivity contribution in [3.63, 3.8) is 0 Å². The number of amides is 1. The molecule has 1 heterocycles. The van der Waals surface area contributed by atoms with E-state index in [-0.39, 0.29) is 11.9 Å². The first-order valence-corrected chi connectivity index (χ1v) is 7.04. The SMILES string of the molecule is C[C@@H](NC(=O)Cc1ccsc1)c1ccccc1Cl. The summed E-state index contributed by atoms with van der Waals surface area (Å²) >= 11 is 7.69. The van der Waals surface area contributed by atoms with E-state index in [1.807, 2.05) is 48.0 Å². The maximum absolute atomic E-state index is 11.9. The van der Waals surface area contributed by atoms with E-state index in [0.29, 0.717) is 11.4 Å². The first-order chi connectivity index (χ1) is 8.66. The molecule has 94 valence electrons. The van der Waals surface area contributed by atoms with Crippen molar-refractivity contribution >= 4 is 28.8 Å². The highest BCUT2D eigenvalue weighted by molar-refractivity contribution is 7.07. The van der Waals surface area contributed by atoms with Crippen LogP contribution in [0.2, 0.25) is 5.02 Å². The van der Waals surface area contributed by atoms with E-state index in [1.165, 1.54) is 0 Å². The van der Waals surface area contributed by atoms with Crippen LogP contribution in [0.4, 0.5) is 0 Å². The topological polar surface area (TPSA) is 29.1 Å². The molecule has 0 bridgehead atoms. The Morgan fingerprint density at radius 3 is 2.83 bits per heavy atom. The predicted molar refractivity (Wildman–Crippen MR) is 76.0 cm³/mol. The van der Waals surface area contributed by atoms with Crippen LogP contribution >= 0.6 is 22.9 Å². The van der Waals surface area contributed by atoms with Gasteiger partial charge < -0.3 is 5.32 Å². The lowest BCUT2D eigenvalue weighted by Gasteiger charge is -2.15. The molecule has 0 unspecified atom stereocenters. The number of hydrogen-bond donors (Lipinski definition) is 1. The summed E-state index contributed by atoms with van der Waals surface area (Å²) in [6, 6.07) is 9.44. The highest BCUT2D eigenvalue weighted by Crippen LogP contribution is 2.22. The summed E-state index contributed by atoms with van der Waals surface area (Å²) in [6.45, 7) is 1.94. The number of halogens is 1. The van der Waals surface area contributed by atoms with E-state index < -0.39 is 0 Å². The van der Waals surface area contributed by atoms with Gasteiger partial charge in [-0.25, -0.2) is 0 Å². The molecule has 0 saturated carbocycles. The Bertz CT molecular complexity index is 524. The minimum atomic E-state index is -0.0789. The second-order valence-corrected chi connectivity index (χ2v) is 5.31. The molecule has 0 radical (unpaired) electrons. The zero-order valence-electron chi connectivity index (χ0n) is 10.0. The van der Waals surface area contributed by atoms with Gasteiger partial charge in [0, 0.05) is 5.02 Å². The van der Waals surface area contributed by atoms with E-state index in [9.17, 15) is 4.79 Å². The molecule has 2 aromatic rings. The summed E-state index contributed by atoms with van der Waals surface area (Å²) in [6.07, 6.45) is 0.415. The van der Waals surface area contributed by atoms with Crippen LogP contribution in [0.25, 0.3) is 0 Å². The molecule has 1 N–H and O–H groups in total. The van der Waals surface area contributed by atoms with Crippen LogP contribution in [-0.2, 0) is 11.2 Å². The lowest BCUT2D eigenvalue weighted by atomic mass is 10.1. The summed E-state index contributed by atoms with van der Waals surface area (Å²) in [5, 5.41) is 7.60. The van der Waals surface area contributed by atoms with Gasteiger partial charge in [0.1, 0.15) is 0 Å². The fraction of sp³-hybridized carbons (Fsp3) is 0.214. The second kappa shape index (κ2) is 6.03. The molecular formula is C14H14ClNOS. The van der Waals surface area contributed by atoms with Crippen molar-refractivity contribution in [2.45, 2.75) is 19.4 Å². The van der Waals surface area contributed by atoms with Crippen molar-refractivity contribution < 1.29 is 4.79 Å². The molecule has 2 nitrogen and oxygen atoms in total. The molecule has 18 heavy (non-hydrogen) atoms. The normalized spacial score (nSPS) is 12.1. The monoisotopic (exact) mass is 279 g/mol. The van der Waals surface area contributed by atoms with Gasteiger partial charge in [-0.1, -0.05) is 29.8 Å². The van der Waals surface area contributed by atoms with Gasteiger partial charge >= 0.3 is 0 Å². The average Bonchev–Trinajstić information content (AvgIpc) is 2.82. The highest BCUT2D eigenvalue weighted by atomic mass is 35.5. The maximum Gasteiger partial charge on any atom is 0.224 e. The number of carbonyl (C=O) groups is 1. The number of nitrogens with one attached hydrogen (secondary N) is 1. The molecule has 1 amide bonds. The minimum Gasteiger partial charge on any atom is -0.349 e. The number of rotatable bonds is 4. The van der Waals surface area contributed by atoms with Crippen LogP contribution in [0.15, 0.2) is 41.1 Å². The Morgan fingerprint density at radius 1 is 1.39 bits per heavy atom. The zero-order chi connectivity index (χ0) is 13.0. The molecule has 0 fully saturated rings. The van der Waals surface area contributed by atoms with Gasteiger partial charge in [-0.2, -0.15) is 11.3 Å². The zero-order valence-corrected chi connectivity index (χ0v) is 11.6. The molecule has 0 aliphatic rings. The Kier molecular flexibility index (Phi) is 4.39. The summed E-state index contributed by atoms with van der Waals surface area (Å²) in [5.41, 5.74) is 1.99. The lowest BCUT2D eigenvalue weighted by Crippen LogP contribution is -2.28. The van der Waals surface area contributed by atoms with Crippen molar-refractivity contribution in [3.05, 3.63) is 57.2 Å². The van der Waals surface area contributed by atoms with Crippen molar-refractivity contribution in [2.24, 2.45) is 0 Å². The number of thiophene rings is 1. The van der Waals surface area contributed by atoms with Crippen LogP contribution in [0.5, 0.6) is 0 Å². The predicted octanol–water partition coefficient (Wildman–Crippen LogP) is 3.82. The third kappa shape index (κ3) is 3.34. The molecule has 0 saturated heterocycles. The second-order valence-electron chi connectivity index (χ2n) is 4.12. The van der Waals surface area contributed by atoms with E-state index in [2.05, 4.69) is 5.32 Å². The molecule has 1 atom stereocenters. The Hall–Kier alpha value is -1.32. The molecule has 4 heteroatoms. The van der Waals surface area contributed by atoms with Gasteiger partial charge in [0.25, 0.3) is 0 Å². The molecule has 0 spiro atoms. The number of benzene rings is 1. The Balaban J connectivity index is 1.97. The molecule has 0 aliphatic heterocycles. The summed E-state index contributed by atoms with van der Waals surface area (Å²) in [4.78, 5) is 11.9. The van der Waals surface area contributed by atoms with Crippen molar-refractivity contribution in [1.82, 2.24) is 5.32 Å². The molecule has 2 rings (SSSR count). The number of carbonyl (C=O) groups excluding carboxylic acids is 1.